The first kappa shape index (κ1) is 15.1. The molecule has 3 atom stereocenters. The number of carbonyl (C=O) groups is 2. The molecule has 20 heavy (non-hydrogen) atoms. The van der Waals surface area contributed by atoms with Crippen molar-refractivity contribution >= 4 is 11.9 Å². The van der Waals surface area contributed by atoms with E-state index in [-0.39, 0.29) is 16.7 Å². The summed E-state index contributed by atoms with van der Waals surface area (Å²) < 4.78 is 0. The third-order valence-electron chi connectivity index (χ3n) is 4.94. The third kappa shape index (κ3) is 1.66. The zero-order chi connectivity index (χ0) is 15.7. The summed E-state index contributed by atoms with van der Waals surface area (Å²) >= 11 is 0. The van der Waals surface area contributed by atoms with Crippen molar-refractivity contribution in [2.45, 2.75) is 48.0 Å². The fourth-order valence-corrected chi connectivity index (χ4v) is 3.87. The van der Waals surface area contributed by atoms with Crippen molar-refractivity contribution < 1.29 is 19.8 Å². The lowest BCUT2D eigenvalue weighted by molar-refractivity contribution is -0.158. The summed E-state index contributed by atoms with van der Waals surface area (Å²) in [7, 11) is 0. The van der Waals surface area contributed by atoms with Crippen molar-refractivity contribution in [3.05, 3.63) is 11.6 Å². The molecule has 0 spiro atoms. The molecule has 1 saturated carbocycles. The molecule has 2 N–H and O–H groups in total. The second-order valence-electron chi connectivity index (χ2n) is 8.32. The quantitative estimate of drug-likeness (QED) is 0.779. The van der Waals surface area contributed by atoms with Gasteiger partial charge in [-0.15, -0.1) is 0 Å². The van der Waals surface area contributed by atoms with Gasteiger partial charge in [0.2, 0.25) is 0 Å². The molecule has 2 aliphatic rings. The predicted molar refractivity (Wildman–Crippen MR) is 75.2 cm³/mol. The molecule has 2 rings (SSSR count). The van der Waals surface area contributed by atoms with E-state index in [9.17, 15) is 19.8 Å². The normalized spacial score (nSPS) is 36.3. The first-order valence-corrected chi connectivity index (χ1v) is 7.02. The van der Waals surface area contributed by atoms with Crippen molar-refractivity contribution in [2.75, 3.05) is 0 Å². The average molecular weight is 280 g/mol. The maximum Gasteiger partial charge on any atom is 0.318 e. The Morgan fingerprint density at radius 1 is 1.10 bits per heavy atom. The van der Waals surface area contributed by atoms with Crippen molar-refractivity contribution in [1.29, 1.82) is 0 Å². The second kappa shape index (κ2) is 3.66. The summed E-state index contributed by atoms with van der Waals surface area (Å²) in [5, 5.41) is 19.5. The molecule has 0 bridgehead atoms. The largest absolute Gasteiger partial charge is 0.481 e. The van der Waals surface area contributed by atoms with Gasteiger partial charge in [0.05, 0.1) is 5.41 Å². The van der Waals surface area contributed by atoms with Crippen LogP contribution in [0, 0.1) is 27.6 Å². The van der Waals surface area contributed by atoms with Gasteiger partial charge in [-0.25, -0.2) is 0 Å². The topological polar surface area (TPSA) is 74.6 Å². The lowest BCUT2D eigenvalue weighted by Crippen LogP contribution is -2.41. The molecule has 0 aromatic rings. The Bertz CT molecular complexity index is 504. The van der Waals surface area contributed by atoms with E-state index in [0.29, 0.717) is 6.42 Å². The van der Waals surface area contributed by atoms with Gasteiger partial charge < -0.3 is 10.2 Å². The van der Waals surface area contributed by atoms with Gasteiger partial charge >= 0.3 is 11.9 Å². The molecule has 0 amide bonds. The van der Waals surface area contributed by atoms with Crippen LogP contribution < -0.4 is 0 Å². The lowest BCUT2D eigenvalue weighted by Gasteiger charge is -2.31. The summed E-state index contributed by atoms with van der Waals surface area (Å²) in [6.07, 6.45) is 2.11. The van der Waals surface area contributed by atoms with Crippen molar-refractivity contribution in [3.63, 3.8) is 0 Å². The average Bonchev–Trinajstić information content (AvgIpc) is 3.07. The van der Waals surface area contributed by atoms with Crippen LogP contribution in [0.25, 0.3) is 0 Å². The molecule has 2 aliphatic carbocycles. The summed E-state index contributed by atoms with van der Waals surface area (Å²) in [6, 6.07) is 0. The molecule has 0 aromatic heterocycles. The van der Waals surface area contributed by atoms with Crippen molar-refractivity contribution in [2.24, 2.45) is 27.6 Å². The van der Waals surface area contributed by atoms with E-state index in [2.05, 4.69) is 0 Å². The monoisotopic (exact) mass is 280 g/mol. The summed E-state index contributed by atoms with van der Waals surface area (Å²) in [5.41, 5.74) is -2.22. The van der Waals surface area contributed by atoms with E-state index in [1.807, 2.05) is 41.5 Å². The smallest absolute Gasteiger partial charge is 0.318 e. The Kier molecular flexibility index (Phi) is 2.76. The van der Waals surface area contributed by atoms with E-state index >= 15 is 0 Å². The van der Waals surface area contributed by atoms with Crippen LogP contribution in [-0.2, 0) is 9.59 Å². The maximum absolute atomic E-state index is 11.9. The van der Waals surface area contributed by atoms with Crippen LogP contribution in [0.5, 0.6) is 0 Å². The summed E-state index contributed by atoms with van der Waals surface area (Å²) in [6.45, 7) is 11.8. The van der Waals surface area contributed by atoms with Gasteiger partial charge in [-0.3, -0.25) is 9.59 Å². The summed E-state index contributed by atoms with van der Waals surface area (Å²) in [4.78, 5) is 23.8. The fourth-order valence-electron chi connectivity index (χ4n) is 3.87. The van der Waals surface area contributed by atoms with Crippen LogP contribution in [0.15, 0.2) is 11.6 Å². The molecule has 0 aliphatic heterocycles. The molecule has 0 radical (unpaired) electrons. The number of carboxylic acid groups (broad SMARTS) is 2. The molecule has 1 fully saturated rings. The second-order valence-corrected chi connectivity index (χ2v) is 8.32. The molecule has 0 aromatic carbocycles. The molecule has 0 saturated heterocycles. The van der Waals surface area contributed by atoms with Gasteiger partial charge in [0.15, 0.2) is 0 Å². The maximum atomic E-state index is 11.9. The predicted octanol–water partition coefficient (Wildman–Crippen LogP) is 3.18. The molecule has 0 unspecified atom stereocenters. The van der Waals surface area contributed by atoms with Crippen LogP contribution in [0.3, 0.4) is 0 Å². The van der Waals surface area contributed by atoms with Gasteiger partial charge in [0.25, 0.3) is 0 Å². The van der Waals surface area contributed by atoms with E-state index < -0.39 is 22.8 Å². The summed E-state index contributed by atoms with van der Waals surface area (Å²) in [5.74, 6) is -2.10. The number of carboxylic acids is 2. The van der Waals surface area contributed by atoms with Gasteiger partial charge in [-0.05, 0) is 28.7 Å². The first-order valence-electron chi connectivity index (χ1n) is 7.02. The highest BCUT2D eigenvalue weighted by Gasteiger charge is 2.81. The Labute approximate surface area is 119 Å². The van der Waals surface area contributed by atoms with Gasteiger partial charge in [-0.2, -0.15) is 0 Å². The van der Waals surface area contributed by atoms with Crippen LogP contribution in [0.1, 0.15) is 48.0 Å². The zero-order valence-corrected chi connectivity index (χ0v) is 13.1. The Hall–Kier alpha value is -1.32. The molecule has 4 heteroatoms. The highest BCUT2D eigenvalue weighted by Crippen LogP contribution is 2.78. The Morgan fingerprint density at radius 2 is 1.60 bits per heavy atom. The van der Waals surface area contributed by atoms with Crippen molar-refractivity contribution in [3.8, 4) is 0 Å². The van der Waals surface area contributed by atoms with Gasteiger partial charge in [0.1, 0.15) is 5.41 Å². The van der Waals surface area contributed by atoms with Crippen molar-refractivity contribution in [1.82, 2.24) is 0 Å². The minimum atomic E-state index is -1.28. The number of rotatable bonds is 3. The highest BCUT2D eigenvalue weighted by atomic mass is 16.4. The van der Waals surface area contributed by atoms with Gasteiger partial charge in [-0.1, -0.05) is 47.6 Å². The SMILES string of the molecule is CC(C)(C)C1=C[C@@]1(C(=O)O)[C@]1(C(=O)O)C[C@H]1C(C)(C)C. The van der Waals surface area contributed by atoms with E-state index in [0.717, 1.165) is 5.57 Å². The van der Waals surface area contributed by atoms with Crippen LogP contribution in [0.2, 0.25) is 0 Å². The zero-order valence-electron chi connectivity index (χ0n) is 13.1. The van der Waals surface area contributed by atoms with E-state index in [1.165, 1.54) is 0 Å². The molecular formula is C16H24O4. The lowest BCUT2D eigenvalue weighted by atomic mass is 9.70. The number of aliphatic carboxylic acids is 2. The number of hydrogen-bond acceptors (Lipinski definition) is 2. The highest BCUT2D eigenvalue weighted by molar-refractivity contribution is 5.98. The molecule has 4 nitrogen and oxygen atoms in total. The molecule has 0 heterocycles. The minimum Gasteiger partial charge on any atom is -0.481 e. The van der Waals surface area contributed by atoms with Crippen LogP contribution in [0.4, 0.5) is 0 Å². The first-order chi connectivity index (χ1) is 8.82. The Balaban J connectivity index is 2.47. The van der Waals surface area contributed by atoms with Crippen LogP contribution in [-0.4, -0.2) is 22.2 Å². The van der Waals surface area contributed by atoms with E-state index in [1.54, 1.807) is 6.08 Å². The van der Waals surface area contributed by atoms with Gasteiger partial charge in [0, 0.05) is 0 Å². The fraction of sp³-hybridized carbons (Fsp3) is 0.750. The van der Waals surface area contributed by atoms with E-state index in [4.69, 9.17) is 0 Å². The van der Waals surface area contributed by atoms with Crippen LogP contribution >= 0.6 is 0 Å². The number of hydrogen-bond donors (Lipinski definition) is 2. The Morgan fingerprint density at radius 3 is 1.80 bits per heavy atom. The molecular weight excluding hydrogens is 256 g/mol. The standard InChI is InChI=1S/C16H24O4/c1-13(2,3)9-7-15(9,11(17)18)16(12(19)20)8-10(16)14(4,5)6/h7,10H,8H2,1-6H3,(H,17,18)(H,19,20)/t10-,15+,16+/m0/s1. The minimum absolute atomic E-state index is 0.111. The molecule has 112 valence electrons. The third-order valence-corrected chi connectivity index (χ3v) is 4.94.